The maximum absolute atomic E-state index is 12.4. The average Bonchev–Trinajstić information content (AvgIpc) is 2.98. The van der Waals surface area contributed by atoms with E-state index in [0.717, 1.165) is 39.1 Å². The summed E-state index contributed by atoms with van der Waals surface area (Å²) in [5.41, 5.74) is 0.554. The van der Waals surface area contributed by atoms with Crippen LogP contribution in [0.1, 0.15) is 23.2 Å². The second-order valence-electron chi connectivity index (χ2n) is 6.33. The molecule has 2 aliphatic heterocycles. The van der Waals surface area contributed by atoms with Gasteiger partial charge in [-0.05, 0) is 31.0 Å². The van der Waals surface area contributed by atoms with E-state index >= 15 is 0 Å². The Morgan fingerprint density at radius 3 is 2.83 bits per heavy atom. The van der Waals surface area contributed by atoms with Crippen molar-refractivity contribution in [2.75, 3.05) is 32.9 Å². The summed E-state index contributed by atoms with van der Waals surface area (Å²) in [6.45, 7) is 3.28. The number of rotatable bonds is 4. The molecule has 2 fully saturated rings. The maximum atomic E-state index is 12.4. The van der Waals surface area contributed by atoms with Crippen LogP contribution >= 0.6 is 11.6 Å². The fraction of sp³-hybridized carbons (Fsp3) is 0.588. The minimum atomic E-state index is -0.134. The fourth-order valence-corrected chi connectivity index (χ4v) is 3.67. The van der Waals surface area contributed by atoms with Crippen molar-refractivity contribution < 1.29 is 14.6 Å². The largest absolute Gasteiger partial charge is 0.396 e. The number of aliphatic hydroxyl groups excluding tert-OH is 1. The van der Waals surface area contributed by atoms with Gasteiger partial charge < -0.3 is 15.2 Å². The van der Waals surface area contributed by atoms with Crippen molar-refractivity contribution in [3.63, 3.8) is 0 Å². The van der Waals surface area contributed by atoms with Crippen molar-refractivity contribution >= 4 is 17.5 Å². The van der Waals surface area contributed by atoms with Gasteiger partial charge in [0, 0.05) is 61.5 Å². The van der Waals surface area contributed by atoms with Gasteiger partial charge in [-0.1, -0.05) is 17.7 Å². The van der Waals surface area contributed by atoms with E-state index in [4.69, 9.17) is 16.3 Å². The molecular weight excluding hydrogens is 316 g/mol. The van der Waals surface area contributed by atoms with E-state index in [2.05, 4.69) is 10.2 Å². The molecule has 3 rings (SSSR count). The summed E-state index contributed by atoms with van der Waals surface area (Å²) in [5.74, 6) is -0.0641. The first-order valence-electron chi connectivity index (χ1n) is 8.16. The van der Waals surface area contributed by atoms with Crippen LogP contribution in [0, 0.1) is 5.92 Å². The van der Waals surface area contributed by atoms with Gasteiger partial charge in [-0.3, -0.25) is 9.69 Å². The van der Waals surface area contributed by atoms with E-state index < -0.39 is 0 Å². The lowest BCUT2D eigenvalue weighted by molar-refractivity contribution is 0.0399. The predicted octanol–water partition coefficient (Wildman–Crippen LogP) is 1.54. The van der Waals surface area contributed by atoms with Crippen LogP contribution in [0.5, 0.6) is 0 Å². The van der Waals surface area contributed by atoms with Crippen molar-refractivity contribution in [2.24, 2.45) is 5.92 Å². The molecule has 1 aromatic rings. The van der Waals surface area contributed by atoms with Crippen molar-refractivity contribution in [3.05, 3.63) is 34.9 Å². The summed E-state index contributed by atoms with van der Waals surface area (Å²) in [6.07, 6.45) is 2.04. The van der Waals surface area contributed by atoms with E-state index in [0.29, 0.717) is 16.6 Å². The number of hydrogen-bond donors (Lipinski definition) is 2. The summed E-state index contributed by atoms with van der Waals surface area (Å²) in [5, 5.41) is 13.3. The first kappa shape index (κ1) is 16.7. The van der Waals surface area contributed by atoms with Gasteiger partial charge in [-0.25, -0.2) is 0 Å². The van der Waals surface area contributed by atoms with Crippen LogP contribution in [0.25, 0.3) is 0 Å². The molecule has 2 heterocycles. The third-order valence-corrected chi connectivity index (χ3v) is 5.05. The van der Waals surface area contributed by atoms with Gasteiger partial charge in [0.05, 0.1) is 0 Å². The first-order valence-corrected chi connectivity index (χ1v) is 8.54. The molecule has 2 atom stereocenters. The Hall–Kier alpha value is -1.14. The third-order valence-electron chi connectivity index (χ3n) is 4.81. The highest BCUT2D eigenvalue weighted by molar-refractivity contribution is 6.30. The first-order chi connectivity index (χ1) is 11.2. The van der Waals surface area contributed by atoms with Crippen molar-refractivity contribution in [1.82, 2.24) is 10.2 Å². The summed E-state index contributed by atoms with van der Waals surface area (Å²) in [4.78, 5) is 14.8. The molecule has 0 saturated carbocycles. The van der Waals surface area contributed by atoms with Gasteiger partial charge in [0.2, 0.25) is 0 Å². The summed E-state index contributed by atoms with van der Waals surface area (Å²) in [7, 11) is 0. The molecule has 0 aliphatic carbocycles. The second kappa shape index (κ2) is 7.62. The summed E-state index contributed by atoms with van der Waals surface area (Å²) in [6, 6.07) is 7.39. The molecule has 1 aromatic carbocycles. The Morgan fingerprint density at radius 2 is 2.13 bits per heavy atom. The Morgan fingerprint density at radius 1 is 1.35 bits per heavy atom. The van der Waals surface area contributed by atoms with Gasteiger partial charge in [0.15, 0.2) is 0 Å². The standard InChI is InChI=1S/C17H23ClN2O3/c18-14-3-1-2-12(8-14)17(22)19-16-10-20(9-13(16)11-21)15-4-6-23-7-5-15/h1-3,8,13,15-16,21H,4-7,9-11H2,(H,19,22)/t13-,16+/m0/s1. The number of aliphatic hydroxyl groups is 1. The Labute approximate surface area is 141 Å². The summed E-state index contributed by atoms with van der Waals surface area (Å²) >= 11 is 5.95. The minimum Gasteiger partial charge on any atom is -0.396 e. The highest BCUT2D eigenvalue weighted by atomic mass is 35.5. The SMILES string of the molecule is O=C(N[C@@H]1CN(C2CCOCC2)C[C@H]1CO)c1cccc(Cl)c1. The van der Waals surface area contributed by atoms with E-state index in [9.17, 15) is 9.90 Å². The zero-order valence-corrected chi connectivity index (χ0v) is 13.8. The number of carbonyl (C=O) groups excluding carboxylic acids is 1. The van der Waals surface area contributed by atoms with E-state index in [1.54, 1.807) is 24.3 Å². The number of likely N-dealkylation sites (tertiary alicyclic amines) is 1. The van der Waals surface area contributed by atoms with Gasteiger partial charge in [-0.15, -0.1) is 0 Å². The quantitative estimate of drug-likeness (QED) is 0.874. The number of carbonyl (C=O) groups is 1. The molecule has 6 heteroatoms. The van der Waals surface area contributed by atoms with Crippen LogP contribution in [-0.2, 0) is 4.74 Å². The van der Waals surface area contributed by atoms with Crippen LogP contribution < -0.4 is 5.32 Å². The molecule has 1 amide bonds. The predicted molar refractivity (Wildman–Crippen MR) is 88.7 cm³/mol. The van der Waals surface area contributed by atoms with Gasteiger partial charge in [-0.2, -0.15) is 0 Å². The van der Waals surface area contributed by atoms with E-state index in [1.807, 2.05) is 0 Å². The highest BCUT2D eigenvalue weighted by Crippen LogP contribution is 2.24. The molecule has 0 bridgehead atoms. The van der Waals surface area contributed by atoms with Crippen molar-refractivity contribution in [1.29, 1.82) is 0 Å². The molecule has 0 radical (unpaired) electrons. The molecule has 0 spiro atoms. The average molecular weight is 339 g/mol. The zero-order chi connectivity index (χ0) is 16.2. The second-order valence-corrected chi connectivity index (χ2v) is 6.77. The minimum absolute atomic E-state index is 0.0330. The van der Waals surface area contributed by atoms with Crippen LogP contribution in [0.15, 0.2) is 24.3 Å². The number of ether oxygens (including phenoxy) is 1. The number of hydrogen-bond acceptors (Lipinski definition) is 4. The number of nitrogens with one attached hydrogen (secondary N) is 1. The molecule has 5 nitrogen and oxygen atoms in total. The number of halogens is 1. The number of nitrogens with zero attached hydrogens (tertiary/aromatic N) is 1. The Kier molecular flexibility index (Phi) is 5.54. The molecule has 2 N–H and O–H groups in total. The van der Waals surface area contributed by atoms with Crippen LogP contribution in [0.4, 0.5) is 0 Å². The van der Waals surface area contributed by atoms with E-state index in [-0.39, 0.29) is 24.5 Å². The third kappa shape index (κ3) is 4.04. The smallest absolute Gasteiger partial charge is 0.251 e. The van der Waals surface area contributed by atoms with Gasteiger partial charge >= 0.3 is 0 Å². The molecule has 2 saturated heterocycles. The lowest BCUT2D eigenvalue weighted by Gasteiger charge is -2.31. The molecule has 0 aromatic heterocycles. The molecular formula is C17H23ClN2O3. The molecule has 23 heavy (non-hydrogen) atoms. The highest BCUT2D eigenvalue weighted by Gasteiger charge is 2.37. The van der Waals surface area contributed by atoms with Gasteiger partial charge in [0.25, 0.3) is 5.91 Å². The van der Waals surface area contributed by atoms with Crippen LogP contribution in [0.3, 0.4) is 0 Å². The normalized spacial score (nSPS) is 26.3. The topological polar surface area (TPSA) is 61.8 Å². The van der Waals surface area contributed by atoms with Gasteiger partial charge in [0.1, 0.15) is 0 Å². The molecule has 126 valence electrons. The van der Waals surface area contributed by atoms with Crippen molar-refractivity contribution in [2.45, 2.75) is 24.9 Å². The molecule has 2 aliphatic rings. The van der Waals surface area contributed by atoms with Crippen LogP contribution in [0.2, 0.25) is 5.02 Å². The summed E-state index contributed by atoms with van der Waals surface area (Å²) < 4.78 is 5.41. The zero-order valence-electron chi connectivity index (χ0n) is 13.1. The maximum Gasteiger partial charge on any atom is 0.251 e. The van der Waals surface area contributed by atoms with E-state index in [1.165, 1.54) is 0 Å². The monoisotopic (exact) mass is 338 g/mol. The molecule has 0 unspecified atom stereocenters. The number of amides is 1. The number of benzene rings is 1. The Bertz CT molecular complexity index is 548. The fourth-order valence-electron chi connectivity index (χ4n) is 3.48. The Balaban J connectivity index is 1.63. The lowest BCUT2D eigenvalue weighted by Crippen LogP contribution is -2.43. The van der Waals surface area contributed by atoms with Crippen LogP contribution in [-0.4, -0.2) is 60.9 Å². The lowest BCUT2D eigenvalue weighted by atomic mass is 10.0. The van der Waals surface area contributed by atoms with Crippen molar-refractivity contribution in [3.8, 4) is 0 Å².